The van der Waals surface area contributed by atoms with E-state index in [1.165, 1.54) is 0 Å². The lowest BCUT2D eigenvalue weighted by Crippen LogP contribution is -2.26. The van der Waals surface area contributed by atoms with Crippen molar-refractivity contribution < 1.29 is 9.59 Å². The summed E-state index contributed by atoms with van der Waals surface area (Å²) in [5, 5.41) is 11.5. The quantitative estimate of drug-likeness (QED) is 0.692. The van der Waals surface area contributed by atoms with Crippen molar-refractivity contribution in [3.05, 3.63) is 47.9 Å². The van der Waals surface area contributed by atoms with Crippen LogP contribution in [0.3, 0.4) is 0 Å². The van der Waals surface area contributed by atoms with Gasteiger partial charge in [0.1, 0.15) is 5.52 Å². The van der Waals surface area contributed by atoms with Crippen molar-refractivity contribution in [1.29, 1.82) is 0 Å². The Morgan fingerprint density at radius 2 is 2.08 bits per heavy atom. The van der Waals surface area contributed by atoms with Gasteiger partial charge in [-0.15, -0.1) is 10.2 Å². The number of carbonyl (C=O) groups is 2. The van der Waals surface area contributed by atoms with E-state index in [1.54, 1.807) is 30.6 Å². The average Bonchev–Trinajstić information content (AvgIpc) is 2.66. The number of nitrogen functional groups attached to an aromatic ring is 1. The summed E-state index contributed by atoms with van der Waals surface area (Å²) in [6, 6.07) is 7.02. The molecule has 2 aromatic heterocycles. The molecule has 0 saturated carbocycles. The number of hydrogen-bond acceptors (Lipinski definition) is 6. The molecule has 0 aliphatic carbocycles. The maximum absolute atomic E-state index is 12.2. The molecule has 126 valence electrons. The van der Waals surface area contributed by atoms with Crippen molar-refractivity contribution in [1.82, 2.24) is 20.5 Å². The number of pyridine rings is 1. The molecule has 0 saturated heterocycles. The molecule has 1 aromatic carbocycles. The third kappa shape index (κ3) is 3.03. The zero-order valence-electron chi connectivity index (χ0n) is 13.7. The minimum atomic E-state index is -0.353. The molecular weight excluding hydrogens is 318 g/mol. The van der Waals surface area contributed by atoms with Gasteiger partial charge < -0.3 is 11.1 Å². The number of nitrogens with two attached hydrogens (primary N) is 1. The van der Waals surface area contributed by atoms with Crippen LogP contribution in [0.25, 0.3) is 22.0 Å². The normalized spacial score (nSPS) is 10.6. The minimum absolute atomic E-state index is 0.0971. The number of aldehydes is 1. The molecule has 3 N–H and O–H groups in total. The van der Waals surface area contributed by atoms with Gasteiger partial charge in [0.15, 0.2) is 12.0 Å². The maximum atomic E-state index is 12.2. The highest BCUT2D eigenvalue weighted by atomic mass is 16.2. The van der Waals surface area contributed by atoms with Crippen LogP contribution in [0.2, 0.25) is 0 Å². The van der Waals surface area contributed by atoms with Gasteiger partial charge in [0, 0.05) is 41.0 Å². The highest BCUT2D eigenvalue weighted by molar-refractivity contribution is 6.08. The summed E-state index contributed by atoms with van der Waals surface area (Å²) in [5.74, 6) is -0.353. The summed E-state index contributed by atoms with van der Waals surface area (Å²) < 4.78 is 0. The number of nitrogens with one attached hydrogen (secondary N) is 1. The molecule has 0 bridgehead atoms. The zero-order valence-corrected chi connectivity index (χ0v) is 13.7. The van der Waals surface area contributed by atoms with Gasteiger partial charge >= 0.3 is 0 Å². The van der Waals surface area contributed by atoms with E-state index in [2.05, 4.69) is 20.5 Å². The van der Waals surface area contributed by atoms with E-state index < -0.39 is 0 Å². The van der Waals surface area contributed by atoms with Gasteiger partial charge in [-0.05, 0) is 12.5 Å². The van der Waals surface area contributed by atoms with Crippen LogP contribution in [0.15, 0.2) is 36.7 Å². The number of amides is 1. The predicted molar refractivity (Wildman–Crippen MR) is 95.2 cm³/mol. The Hall–Kier alpha value is -3.35. The Balaban J connectivity index is 2.17. The average molecular weight is 335 g/mol. The molecule has 0 radical (unpaired) electrons. The van der Waals surface area contributed by atoms with Gasteiger partial charge in [0.2, 0.25) is 0 Å². The molecule has 2 heterocycles. The molecule has 3 aromatic rings. The largest absolute Gasteiger partial charge is 0.396 e. The van der Waals surface area contributed by atoms with Crippen LogP contribution in [-0.4, -0.2) is 33.9 Å². The van der Waals surface area contributed by atoms with Crippen LogP contribution in [-0.2, 0) is 0 Å². The predicted octanol–water partition coefficient (Wildman–Crippen LogP) is 2.23. The van der Waals surface area contributed by atoms with Gasteiger partial charge in [-0.2, -0.15) is 0 Å². The Kier molecular flexibility index (Phi) is 4.65. The first-order valence-electron chi connectivity index (χ1n) is 7.90. The number of anilines is 1. The first-order chi connectivity index (χ1) is 12.2. The van der Waals surface area contributed by atoms with Gasteiger partial charge in [0.05, 0.1) is 5.69 Å². The van der Waals surface area contributed by atoms with E-state index in [0.29, 0.717) is 34.1 Å². The summed E-state index contributed by atoms with van der Waals surface area (Å²) in [6.07, 6.45) is 4.72. The fraction of sp³-hybridized carbons (Fsp3) is 0.167. The van der Waals surface area contributed by atoms with E-state index in [4.69, 9.17) is 5.73 Å². The molecule has 0 aliphatic heterocycles. The smallest absolute Gasteiger partial charge is 0.273 e. The van der Waals surface area contributed by atoms with Gasteiger partial charge in [-0.3, -0.25) is 14.6 Å². The second-order valence-electron chi connectivity index (χ2n) is 5.50. The Morgan fingerprint density at radius 3 is 2.84 bits per heavy atom. The third-order valence-electron chi connectivity index (χ3n) is 3.85. The van der Waals surface area contributed by atoms with E-state index in [-0.39, 0.29) is 17.3 Å². The summed E-state index contributed by atoms with van der Waals surface area (Å²) in [4.78, 5) is 27.6. The third-order valence-corrected chi connectivity index (χ3v) is 3.85. The molecule has 0 spiro atoms. The number of aromatic nitrogens is 3. The number of hydrogen-bond donors (Lipinski definition) is 2. The lowest BCUT2D eigenvalue weighted by atomic mass is 9.99. The minimum Gasteiger partial charge on any atom is -0.396 e. The fourth-order valence-corrected chi connectivity index (χ4v) is 2.59. The van der Waals surface area contributed by atoms with Crippen molar-refractivity contribution in [3.8, 4) is 11.1 Å². The molecule has 0 unspecified atom stereocenters. The monoisotopic (exact) mass is 335 g/mol. The van der Waals surface area contributed by atoms with Crippen molar-refractivity contribution in [2.45, 2.75) is 13.3 Å². The van der Waals surface area contributed by atoms with Crippen LogP contribution < -0.4 is 11.1 Å². The molecule has 0 aliphatic rings. The van der Waals surface area contributed by atoms with Gasteiger partial charge in [-0.1, -0.05) is 25.1 Å². The number of fused-ring (bicyclic) bond motifs is 1. The molecule has 7 heteroatoms. The summed E-state index contributed by atoms with van der Waals surface area (Å²) in [7, 11) is 0. The van der Waals surface area contributed by atoms with Crippen LogP contribution in [0.4, 0.5) is 5.69 Å². The lowest BCUT2D eigenvalue weighted by molar-refractivity contribution is 0.0948. The van der Waals surface area contributed by atoms with E-state index in [1.807, 2.05) is 13.0 Å². The highest BCUT2D eigenvalue weighted by Crippen LogP contribution is 2.31. The Bertz CT molecular complexity index is 955. The van der Waals surface area contributed by atoms with Crippen molar-refractivity contribution in [3.63, 3.8) is 0 Å². The lowest BCUT2D eigenvalue weighted by Gasteiger charge is -2.11. The number of benzene rings is 1. The number of rotatable bonds is 5. The van der Waals surface area contributed by atoms with Crippen molar-refractivity contribution >= 4 is 28.8 Å². The fourth-order valence-electron chi connectivity index (χ4n) is 2.59. The van der Waals surface area contributed by atoms with E-state index in [9.17, 15) is 9.59 Å². The van der Waals surface area contributed by atoms with Gasteiger partial charge in [0.25, 0.3) is 5.91 Å². The summed E-state index contributed by atoms with van der Waals surface area (Å²) >= 11 is 0. The Labute approximate surface area is 144 Å². The first kappa shape index (κ1) is 16.5. The van der Waals surface area contributed by atoms with Crippen LogP contribution >= 0.6 is 0 Å². The van der Waals surface area contributed by atoms with Crippen molar-refractivity contribution in [2.24, 2.45) is 0 Å². The molecular formula is C18H17N5O2. The van der Waals surface area contributed by atoms with E-state index >= 15 is 0 Å². The Morgan fingerprint density at radius 1 is 1.24 bits per heavy atom. The SMILES string of the molecule is CCCNC(=O)c1nnc2c(-c3cnccc3C=O)cccc2c1N. The second kappa shape index (κ2) is 7.04. The summed E-state index contributed by atoms with van der Waals surface area (Å²) in [6.45, 7) is 2.50. The van der Waals surface area contributed by atoms with Crippen LogP contribution in [0.5, 0.6) is 0 Å². The van der Waals surface area contributed by atoms with Crippen LogP contribution in [0, 0.1) is 0 Å². The number of nitrogens with zero attached hydrogens (tertiary/aromatic N) is 3. The number of carbonyl (C=O) groups excluding carboxylic acids is 2. The first-order valence-corrected chi connectivity index (χ1v) is 7.90. The van der Waals surface area contributed by atoms with Crippen molar-refractivity contribution in [2.75, 3.05) is 12.3 Å². The van der Waals surface area contributed by atoms with Crippen LogP contribution in [0.1, 0.15) is 34.2 Å². The zero-order chi connectivity index (χ0) is 17.8. The standard InChI is InChI=1S/C18H17N5O2/c1-2-7-21-18(25)17-15(19)13-5-3-4-12(16(13)22-23-17)14-9-20-8-6-11(14)10-24/h3-6,8-10H,2,7H2,1H3,(H2,19,22)(H,21,25). The maximum Gasteiger partial charge on any atom is 0.273 e. The highest BCUT2D eigenvalue weighted by Gasteiger charge is 2.17. The molecule has 1 amide bonds. The molecule has 3 rings (SSSR count). The topological polar surface area (TPSA) is 111 Å². The molecule has 7 nitrogen and oxygen atoms in total. The summed E-state index contributed by atoms with van der Waals surface area (Å²) in [5.41, 5.74) is 8.86. The van der Waals surface area contributed by atoms with Gasteiger partial charge in [-0.25, -0.2) is 0 Å². The second-order valence-corrected chi connectivity index (χ2v) is 5.50. The van der Waals surface area contributed by atoms with E-state index in [0.717, 1.165) is 12.7 Å². The molecule has 25 heavy (non-hydrogen) atoms. The molecule has 0 atom stereocenters. The molecule has 0 fully saturated rings.